The van der Waals surface area contributed by atoms with Crippen molar-refractivity contribution in [3.8, 4) is 11.5 Å². The second-order valence-electron chi connectivity index (χ2n) is 6.58. The summed E-state index contributed by atoms with van der Waals surface area (Å²) in [7, 11) is 0. The van der Waals surface area contributed by atoms with E-state index in [9.17, 15) is 9.90 Å². The van der Waals surface area contributed by atoms with Crippen molar-refractivity contribution in [2.75, 3.05) is 6.61 Å². The molecule has 0 saturated carbocycles. The minimum atomic E-state index is -1.29. The number of carbonyl (C=O) groups is 1. The minimum absolute atomic E-state index is 0.428. The fourth-order valence-corrected chi connectivity index (χ4v) is 3.59. The average molecular weight is 530 g/mol. The van der Waals surface area contributed by atoms with Gasteiger partial charge in [0.15, 0.2) is 17.6 Å². The van der Waals surface area contributed by atoms with Gasteiger partial charge in [0.05, 0.1) is 16.4 Å². The Morgan fingerprint density at radius 1 is 1.10 bits per heavy atom. The van der Waals surface area contributed by atoms with Crippen LogP contribution in [0.5, 0.6) is 11.5 Å². The molecule has 0 aliphatic carbocycles. The molecule has 0 spiro atoms. The van der Waals surface area contributed by atoms with Gasteiger partial charge in [-0.3, -0.25) is 4.79 Å². The zero-order chi connectivity index (χ0) is 22.1. The number of halogens is 1. The lowest BCUT2D eigenvalue weighted by atomic mass is 10.1. The van der Waals surface area contributed by atoms with Crippen LogP contribution in [-0.4, -0.2) is 23.8 Å². The lowest BCUT2D eigenvalue weighted by molar-refractivity contribution is -0.129. The highest BCUT2D eigenvalue weighted by Gasteiger charge is 2.16. The molecule has 7 heteroatoms. The molecule has 0 saturated heterocycles. The molecule has 3 aromatic rings. The number of nitrogens with one attached hydrogen (secondary N) is 1. The Morgan fingerprint density at radius 3 is 2.45 bits per heavy atom. The van der Waals surface area contributed by atoms with Crippen LogP contribution in [0.4, 0.5) is 0 Å². The van der Waals surface area contributed by atoms with E-state index in [2.05, 4.69) is 33.1 Å². The predicted octanol–water partition coefficient (Wildman–Crippen LogP) is 4.45. The minimum Gasteiger partial charge on any atom is -0.490 e. The maximum absolute atomic E-state index is 12.1. The summed E-state index contributed by atoms with van der Waals surface area (Å²) < 4.78 is 12.6. The summed E-state index contributed by atoms with van der Waals surface area (Å²) >= 11 is 2.18. The van der Waals surface area contributed by atoms with Gasteiger partial charge in [-0.2, -0.15) is 5.10 Å². The monoisotopic (exact) mass is 530 g/mol. The first-order chi connectivity index (χ1) is 15.1. The van der Waals surface area contributed by atoms with Crippen molar-refractivity contribution in [3.05, 3.63) is 93.1 Å². The topological polar surface area (TPSA) is 80.2 Å². The maximum Gasteiger partial charge on any atom is 0.273 e. The smallest absolute Gasteiger partial charge is 0.273 e. The highest BCUT2D eigenvalue weighted by atomic mass is 127. The van der Waals surface area contributed by atoms with Crippen LogP contribution in [-0.2, 0) is 11.4 Å². The largest absolute Gasteiger partial charge is 0.490 e. The molecule has 2 N–H and O–H groups in total. The molecule has 3 aromatic carbocycles. The van der Waals surface area contributed by atoms with Gasteiger partial charge in [-0.25, -0.2) is 5.43 Å². The van der Waals surface area contributed by atoms with E-state index in [1.54, 1.807) is 30.3 Å². The lowest BCUT2D eigenvalue weighted by Crippen LogP contribution is -2.25. The summed E-state index contributed by atoms with van der Waals surface area (Å²) in [6.45, 7) is 2.82. The molecule has 6 nitrogen and oxygen atoms in total. The number of hydrogen-bond acceptors (Lipinski definition) is 5. The highest BCUT2D eigenvalue weighted by molar-refractivity contribution is 14.1. The van der Waals surface area contributed by atoms with Gasteiger partial charge in [0.2, 0.25) is 0 Å². The van der Waals surface area contributed by atoms with Crippen LogP contribution in [0.2, 0.25) is 0 Å². The molecule has 31 heavy (non-hydrogen) atoms. The molecule has 1 amide bonds. The first-order valence-electron chi connectivity index (χ1n) is 9.77. The molecule has 0 aliphatic rings. The standard InChI is InChI=1S/C24H23IN2O4/c1-2-30-21-14-18(13-20(25)23(21)31-16-17-9-5-3-6-10-17)15-26-27-24(29)22(28)19-11-7-4-8-12-19/h3-15,22,28H,2,16H2,1H3,(H,27,29)/b26-15-/t22-/m0/s1. The molecule has 0 heterocycles. The third-order valence-electron chi connectivity index (χ3n) is 4.31. The summed E-state index contributed by atoms with van der Waals surface area (Å²) in [6.07, 6.45) is 0.215. The van der Waals surface area contributed by atoms with Gasteiger partial charge in [-0.05, 0) is 58.3 Å². The van der Waals surface area contributed by atoms with E-state index < -0.39 is 12.0 Å². The quantitative estimate of drug-likeness (QED) is 0.244. The van der Waals surface area contributed by atoms with Crippen LogP contribution >= 0.6 is 22.6 Å². The molecule has 0 aromatic heterocycles. The van der Waals surface area contributed by atoms with Crippen LogP contribution in [0.3, 0.4) is 0 Å². The van der Waals surface area contributed by atoms with E-state index in [1.165, 1.54) is 6.21 Å². The summed E-state index contributed by atoms with van der Waals surface area (Å²) in [5.41, 5.74) is 4.66. The Balaban J connectivity index is 1.69. The SMILES string of the molecule is CCOc1cc(/C=N\NC(=O)[C@@H](O)c2ccccc2)cc(I)c1OCc1ccccc1. The van der Waals surface area contributed by atoms with Crippen molar-refractivity contribution in [3.63, 3.8) is 0 Å². The average Bonchev–Trinajstić information content (AvgIpc) is 2.79. The zero-order valence-electron chi connectivity index (χ0n) is 17.0. The summed E-state index contributed by atoms with van der Waals surface area (Å²) in [6, 6.07) is 22.3. The summed E-state index contributed by atoms with van der Waals surface area (Å²) in [5, 5.41) is 14.1. The molecule has 0 radical (unpaired) electrons. The fourth-order valence-electron chi connectivity index (χ4n) is 2.81. The second-order valence-corrected chi connectivity index (χ2v) is 7.75. The van der Waals surface area contributed by atoms with Crippen molar-refractivity contribution in [2.45, 2.75) is 19.6 Å². The van der Waals surface area contributed by atoms with Crippen LogP contribution in [0.25, 0.3) is 0 Å². The molecule has 160 valence electrons. The zero-order valence-corrected chi connectivity index (χ0v) is 19.2. The number of hydrogen-bond donors (Lipinski definition) is 2. The van der Waals surface area contributed by atoms with Gasteiger partial charge in [0.25, 0.3) is 5.91 Å². The number of hydrazone groups is 1. The number of amides is 1. The Kier molecular flexibility index (Phi) is 8.43. The normalized spacial score (nSPS) is 11.8. The molecule has 0 bridgehead atoms. The molecule has 0 aliphatic heterocycles. The van der Waals surface area contributed by atoms with Crippen LogP contribution in [0.1, 0.15) is 29.7 Å². The lowest BCUT2D eigenvalue weighted by Gasteiger charge is -2.15. The van der Waals surface area contributed by atoms with Gasteiger partial charge in [-0.1, -0.05) is 60.7 Å². The van der Waals surface area contributed by atoms with Crippen molar-refractivity contribution in [1.29, 1.82) is 0 Å². The summed E-state index contributed by atoms with van der Waals surface area (Å²) in [5.74, 6) is 0.652. The second kappa shape index (κ2) is 11.5. The Labute approximate surface area is 195 Å². The Morgan fingerprint density at radius 2 is 1.77 bits per heavy atom. The predicted molar refractivity (Wildman–Crippen MR) is 128 cm³/mol. The number of benzene rings is 3. The number of aliphatic hydroxyl groups excluding tert-OH is 1. The number of rotatable bonds is 9. The molecule has 0 fully saturated rings. The molecular weight excluding hydrogens is 507 g/mol. The number of carbonyl (C=O) groups excluding carboxylic acids is 1. The molecule has 0 unspecified atom stereocenters. The van der Waals surface area contributed by atoms with Crippen LogP contribution in [0, 0.1) is 3.57 Å². The van der Waals surface area contributed by atoms with Gasteiger partial charge in [0.1, 0.15) is 6.61 Å². The number of nitrogens with zero attached hydrogens (tertiary/aromatic N) is 1. The van der Waals surface area contributed by atoms with Crippen molar-refractivity contribution in [1.82, 2.24) is 5.43 Å². The van der Waals surface area contributed by atoms with Gasteiger partial charge in [-0.15, -0.1) is 0 Å². The third-order valence-corrected chi connectivity index (χ3v) is 5.11. The number of ether oxygens (including phenoxy) is 2. The van der Waals surface area contributed by atoms with E-state index >= 15 is 0 Å². The van der Waals surface area contributed by atoms with Crippen molar-refractivity contribution < 1.29 is 19.4 Å². The van der Waals surface area contributed by atoms with E-state index in [0.29, 0.717) is 30.3 Å². The first-order valence-corrected chi connectivity index (χ1v) is 10.9. The van der Waals surface area contributed by atoms with Crippen molar-refractivity contribution >= 4 is 34.7 Å². The van der Waals surface area contributed by atoms with Gasteiger partial charge < -0.3 is 14.6 Å². The maximum atomic E-state index is 12.1. The summed E-state index contributed by atoms with van der Waals surface area (Å²) in [4.78, 5) is 12.1. The van der Waals surface area contributed by atoms with E-state index in [4.69, 9.17) is 9.47 Å². The van der Waals surface area contributed by atoms with Crippen molar-refractivity contribution in [2.24, 2.45) is 5.10 Å². The third kappa shape index (κ3) is 6.53. The molecule has 3 rings (SSSR count). The Hall–Kier alpha value is -2.91. The van der Waals surface area contributed by atoms with E-state index in [1.807, 2.05) is 49.4 Å². The molecular formula is C24H23IN2O4. The van der Waals surface area contributed by atoms with Crippen LogP contribution in [0.15, 0.2) is 77.9 Å². The fraction of sp³-hybridized carbons (Fsp3) is 0.167. The van der Waals surface area contributed by atoms with Gasteiger partial charge in [0, 0.05) is 0 Å². The van der Waals surface area contributed by atoms with Crippen LogP contribution < -0.4 is 14.9 Å². The Bertz CT molecular complexity index is 1030. The first kappa shape index (κ1) is 22.8. The van der Waals surface area contributed by atoms with E-state index in [0.717, 1.165) is 14.7 Å². The highest BCUT2D eigenvalue weighted by Crippen LogP contribution is 2.34. The molecule has 1 atom stereocenters. The number of aliphatic hydroxyl groups is 1. The van der Waals surface area contributed by atoms with Gasteiger partial charge >= 0.3 is 0 Å². The van der Waals surface area contributed by atoms with E-state index in [-0.39, 0.29) is 0 Å².